The topological polar surface area (TPSA) is 62.2 Å². The van der Waals surface area contributed by atoms with Crippen molar-refractivity contribution in [2.75, 3.05) is 13.1 Å². The van der Waals surface area contributed by atoms with Crippen LogP contribution in [0, 0.1) is 6.92 Å². The largest absolute Gasteiger partial charge is 0.434 e. The summed E-state index contributed by atoms with van der Waals surface area (Å²) in [4.78, 5) is 12.2. The molecule has 2 N–H and O–H groups in total. The highest BCUT2D eigenvalue weighted by Crippen LogP contribution is 2.30. The molecule has 2 aromatic heterocycles. The van der Waals surface area contributed by atoms with Gasteiger partial charge in [0.2, 0.25) is 0 Å². The molecule has 0 aliphatic carbocycles. The lowest BCUT2D eigenvalue weighted by molar-refractivity contribution is -0.140. The molecule has 2 heterocycles. The Balaban J connectivity index is 1.89. The number of aliphatic imine (C=N–C) groups is 1. The van der Waals surface area contributed by atoms with Crippen LogP contribution in [0.25, 0.3) is 0 Å². The number of rotatable bonds is 6. The smallest absolute Gasteiger partial charge is 0.357 e. The molecule has 2 aromatic rings. The van der Waals surface area contributed by atoms with Crippen LogP contribution in [-0.4, -0.2) is 29.0 Å². The van der Waals surface area contributed by atoms with Crippen LogP contribution in [0.1, 0.15) is 28.3 Å². The highest BCUT2D eigenvalue weighted by atomic mass is 32.1. The van der Waals surface area contributed by atoms with E-state index in [1.54, 1.807) is 11.3 Å². The third kappa shape index (κ3) is 5.75. The van der Waals surface area contributed by atoms with Gasteiger partial charge in [0.1, 0.15) is 5.01 Å². The zero-order chi connectivity index (χ0) is 17.6. The van der Waals surface area contributed by atoms with Gasteiger partial charge in [0.05, 0.1) is 17.2 Å². The number of halogens is 3. The number of guanidine groups is 1. The quantitative estimate of drug-likeness (QED) is 0.599. The monoisotopic (exact) mass is 377 g/mol. The molecule has 0 spiro atoms. The Morgan fingerprint density at radius 2 is 2.00 bits per heavy atom. The van der Waals surface area contributed by atoms with E-state index in [0.29, 0.717) is 24.1 Å². The summed E-state index contributed by atoms with van der Waals surface area (Å²) in [6.45, 7) is 5.28. The van der Waals surface area contributed by atoms with Gasteiger partial charge in [-0.15, -0.1) is 22.7 Å². The molecule has 2 rings (SSSR count). The lowest BCUT2D eigenvalue weighted by Crippen LogP contribution is -2.38. The Hall–Kier alpha value is -1.68. The lowest BCUT2D eigenvalue weighted by atomic mass is 10.3. The molecule has 24 heavy (non-hydrogen) atoms. The molecule has 0 fully saturated rings. The maximum Gasteiger partial charge on any atom is 0.434 e. The first-order chi connectivity index (χ1) is 11.4. The van der Waals surface area contributed by atoms with Gasteiger partial charge in [-0.05, 0) is 13.8 Å². The minimum Gasteiger partial charge on any atom is -0.357 e. The van der Waals surface area contributed by atoms with E-state index in [4.69, 9.17) is 0 Å². The van der Waals surface area contributed by atoms with Crippen molar-refractivity contribution in [3.63, 3.8) is 0 Å². The van der Waals surface area contributed by atoms with Crippen LogP contribution in [0.15, 0.2) is 15.8 Å². The number of aryl methyl sites for hydroxylation is 1. The van der Waals surface area contributed by atoms with Gasteiger partial charge >= 0.3 is 6.18 Å². The Bertz CT molecular complexity index is 678. The average Bonchev–Trinajstić information content (AvgIpc) is 3.13. The predicted octanol–water partition coefficient (Wildman–Crippen LogP) is 3.22. The summed E-state index contributed by atoms with van der Waals surface area (Å²) >= 11 is 2.56. The molecule has 0 aromatic carbocycles. The van der Waals surface area contributed by atoms with Crippen molar-refractivity contribution < 1.29 is 13.2 Å². The van der Waals surface area contributed by atoms with E-state index in [0.717, 1.165) is 33.8 Å². The Labute approximate surface area is 146 Å². The van der Waals surface area contributed by atoms with E-state index in [2.05, 4.69) is 25.6 Å². The predicted molar refractivity (Wildman–Crippen MR) is 90.5 cm³/mol. The number of nitrogens with one attached hydrogen (secondary N) is 2. The minimum atomic E-state index is -4.41. The number of aromatic nitrogens is 2. The Kier molecular flexibility index (Phi) is 6.55. The highest BCUT2D eigenvalue weighted by molar-refractivity contribution is 7.09. The first-order valence-electron chi connectivity index (χ1n) is 7.33. The Morgan fingerprint density at radius 3 is 2.58 bits per heavy atom. The van der Waals surface area contributed by atoms with E-state index >= 15 is 0 Å². The van der Waals surface area contributed by atoms with Gasteiger partial charge in [-0.3, -0.25) is 0 Å². The molecule has 132 valence electrons. The summed E-state index contributed by atoms with van der Waals surface area (Å²) in [6.07, 6.45) is -3.66. The Morgan fingerprint density at radius 1 is 1.21 bits per heavy atom. The first kappa shape index (κ1) is 18.7. The molecule has 0 radical (unpaired) electrons. The molecule has 10 heteroatoms. The molecule has 0 bridgehead atoms. The number of alkyl halides is 3. The van der Waals surface area contributed by atoms with Gasteiger partial charge < -0.3 is 10.6 Å². The minimum absolute atomic E-state index is 0.103. The highest BCUT2D eigenvalue weighted by Gasteiger charge is 2.33. The lowest BCUT2D eigenvalue weighted by Gasteiger charge is -2.10. The summed E-state index contributed by atoms with van der Waals surface area (Å²) in [5, 5.41) is 10.6. The number of hydrogen-bond donors (Lipinski definition) is 2. The fourth-order valence-electron chi connectivity index (χ4n) is 1.83. The third-order valence-electron chi connectivity index (χ3n) is 2.90. The summed E-state index contributed by atoms with van der Waals surface area (Å²) in [5.74, 6) is 0.549. The van der Waals surface area contributed by atoms with Crippen LogP contribution in [-0.2, 0) is 19.1 Å². The van der Waals surface area contributed by atoms with Gasteiger partial charge in [0, 0.05) is 30.3 Å². The van der Waals surface area contributed by atoms with Crippen molar-refractivity contribution in [1.82, 2.24) is 20.6 Å². The molecule has 0 atom stereocenters. The summed E-state index contributed by atoms with van der Waals surface area (Å²) in [6, 6.07) is 0. The molecular formula is C14H18F3N5S2. The van der Waals surface area contributed by atoms with Crippen molar-refractivity contribution in [2.24, 2.45) is 4.99 Å². The maximum absolute atomic E-state index is 12.5. The fraction of sp³-hybridized carbons (Fsp3) is 0.500. The van der Waals surface area contributed by atoms with E-state index in [1.165, 1.54) is 0 Å². The molecule has 0 saturated heterocycles. The second kappa shape index (κ2) is 8.43. The van der Waals surface area contributed by atoms with Gasteiger partial charge in [-0.1, -0.05) is 0 Å². The van der Waals surface area contributed by atoms with Crippen LogP contribution in [0.5, 0.6) is 0 Å². The zero-order valence-electron chi connectivity index (χ0n) is 13.3. The summed E-state index contributed by atoms with van der Waals surface area (Å²) in [5.41, 5.74) is 0.144. The first-order valence-corrected chi connectivity index (χ1v) is 9.09. The average molecular weight is 377 g/mol. The van der Waals surface area contributed by atoms with Crippen molar-refractivity contribution in [3.05, 3.63) is 32.2 Å². The van der Waals surface area contributed by atoms with Crippen LogP contribution < -0.4 is 10.6 Å². The van der Waals surface area contributed by atoms with Gasteiger partial charge in [0.15, 0.2) is 11.7 Å². The van der Waals surface area contributed by atoms with E-state index < -0.39 is 11.9 Å². The van der Waals surface area contributed by atoms with Crippen molar-refractivity contribution in [1.29, 1.82) is 0 Å². The van der Waals surface area contributed by atoms with Crippen LogP contribution in [0.3, 0.4) is 0 Å². The molecule has 0 amide bonds. The van der Waals surface area contributed by atoms with Crippen molar-refractivity contribution >= 4 is 28.6 Å². The molecule has 0 aliphatic heterocycles. The SMILES string of the molecule is CCNC(=NCc1nc(C(F)(F)F)cs1)NCCc1csc(C)n1. The standard InChI is InChI=1S/C14H18F3N5S2/c1-3-18-13(19-5-4-10-7-23-9(2)21-10)20-6-12-22-11(8-24-12)14(15,16)17/h7-8H,3-6H2,1-2H3,(H2,18,19,20). The fourth-order valence-corrected chi connectivity index (χ4v) is 3.21. The van der Waals surface area contributed by atoms with Crippen LogP contribution >= 0.6 is 22.7 Å². The van der Waals surface area contributed by atoms with Gasteiger partial charge in [-0.2, -0.15) is 13.2 Å². The number of hydrogen-bond acceptors (Lipinski definition) is 5. The number of nitrogens with zero attached hydrogens (tertiary/aromatic N) is 3. The molecule has 0 aliphatic rings. The summed E-state index contributed by atoms with van der Waals surface area (Å²) in [7, 11) is 0. The molecule has 0 saturated carbocycles. The zero-order valence-corrected chi connectivity index (χ0v) is 14.9. The second-order valence-electron chi connectivity index (χ2n) is 4.85. The summed E-state index contributed by atoms with van der Waals surface area (Å²) < 4.78 is 37.6. The third-order valence-corrected chi connectivity index (χ3v) is 4.55. The van der Waals surface area contributed by atoms with E-state index in [9.17, 15) is 13.2 Å². The van der Waals surface area contributed by atoms with Crippen molar-refractivity contribution in [2.45, 2.75) is 33.0 Å². The van der Waals surface area contributed by atoms with Crippen LogP contribution in [0.2, 0.25) is 0 Å². The maximum atomic E-state index is 12.5. The second-order valence-corrected chi connectivity index (χ2v) is 6.86. The molecule has 0 unspecified atom stereocenters. The van der Waals surface area contributed by atoms with Crippen LogP contribution in [0.4, 0.5) is 13.2 Å². The number of thiazole rings is 2. The van der Waals surface area contributed by atoms with Gasteiger partial charge in [0.25, 0.3) is 0 Å². The van der Waals surface area contributed by atoms with Crippen molar-refractivity contribution in [3.8, 4) is 0 Å². The van der Waals surface area contributed by atoms with E-state index in [1.807, 2.05) is 19.2 Å². The van der Waals surface area contributed by atoms with E-state index in [-0.39, 0.29) is 6.54 Å². The molecular weight excluding hydrogens is 359 g/mol. The molecule has 5 nitrogen and oxygen atoms in total. The van der Waals surface area contributed by atoms with Gasteiger partial charge in [-0.25, -0.2) is 15.0 Å². The normalized spacial score (nSPS) is 12.5.